The lowest BCUT2D eigenvalue weighted by molar-refractivity contribution is 0.503. The molecule has 0 aromatic heterocycles. The summed E-state index contributed by atoms with van der Waals surface area (Å²) in [4.78, 5) is 2.02. The van der Waals surface area contributed by atoms with Crippen molar-refractivity contribution in [2.75, 3.05) is 20.1 Å². The van der Waals surface area contributed by atoms with Gasteiger partial charge in [-0.1, -0.05) is 0 Å². The zero-order valence-electron chi connectivity index (χ0n) is 9.54. The number of rotatable bonds is 1. The molecule has 0 radical (unpaired) electrons. The molecule has 1 aliphatic rings. The summed E-state index contributed by atoms with van der Waals surface area (Å²) < 4.78 is 26.2. The molecule has 0 aliphatic carbocycles. The number of hydrogen-bond donors (Lipinski definition) is 1. The maximum atomic E-state index is 13.1. The van der Waals surface area contributed by atoms with Crippen LogP contribution in [-0.2, 0) is 0 Å². The molecule has 0 unspecified atom stereocenters. The molecule has 17 heavy (non-hydrogen) atoms. The van der Waals surface area contributed by atoms with E-state index in [2.05, 4.69) is 5.32 Å². The van der Waals surface area contributed by atoms with E-state index in [0.717, 1.165) is 19.0 Å². The van der Waals surface area contributed by atoms with Crippen molar-refractivity contribution < 1.29 is 8.78 Å². The first-order chi connectivity index (χ1) is 8.10. The highest BCUT2D eigenvalue weighted by Crippen LogP contribution is 2.28. The highest BCUT2D eigenvalue weighted by atomic mass is 32.1. The van der Waals surface area contributed by atoms with Crippen LogP contribution in [-0.4, -0.2) is 30.1 Å². The van der Waals surface area contributed by atoms with Crippen molar-refractivity contribution in [2.45, 2.75) is 12.3 Å². The molecule has 0 bridgehead atoms. The van der Waals surface area contributed by atoms with Gasteiger partial charge in [0.05, 0.1) is 0 Å². The fraction of sp³-hybridized carbons (Fsp3) is 0.417. The van der Waals surface area contributed by atoms with Crippen molar-refractivity contribution in [1.82, 2.24) is 10.2 Å². The lowest BCUT2D eigenvalue weighted by atomic mass is 9.98. The molecule has 1 aromatic rings. The first kappa shape index (κ1) is 12.2. The Morgan fingerprint density at radius 2 is 2.00 bits per heavy atom. The van der Waals surface area contributed by atoms with E-state index >= 15 is 0 Å². The Kier molecular flexibility index (Phi) is 3.57. The van der Waals surface area contributed by atoms with E-state index in [0.29, 0.717) is 17.2 Å². The summed E-state index contributed by atoms with van der Waals surface area (Å²) in [6, 6.07) is 3.70. The summed E-state index contributed by atoms with van der Waals surface area (Å²) in [5.41, 5.74) is 0.712. The minimum Gasteiger partial charge on any atom is -0.366 e. The monoisotopic (exact) mass is 256 g/mol. The van der Waals surface area contributed by atoms with Gasteiger partial charge in [-0.3, -0.25) is 0 Å². The van der Waals surface area contributed by atoms with Gasteiger partial charge < -0.3 is 10.2 Å². The Bertz CT molecular complexity index is 416. The van der Waals surface area contributed by atoms with Gasteiger partial charge in [0.1, 0.15) is 11.6 Å². The third-order valence-corrected chi connectivity index (χ3v) is 3.51. The van der Waals surface area contributed by atoms with Crippen LogP contribution < -0.4 is 5.32 Å². The molecule has 1 heterocycles. The molecule has 1 fully saturated rings. The minimum atomic E-state index is -0.519. The van der Waals surface area contributed by atoms with Gasteiger partial charge in [0.15, 0.2) is 5.11 Å². The van der Waals surface area contributed by atoms with E-state index in [1.165, 1.54) is 12.1 Å². The Labute approximate surface area is 105 Å². The van der Waals surface area contributed by atoms with Gasteiger partial charge in [0.2, 0.25) is 0 Å². The van der Waals surface area contributed by atoms with Crippen molar-refractivity contribution in [3.63, 3.8) is 0 Å². The van der Waals surface area contributed by atoms with Gasteiger partial charge in [0, 0.05) is 32.1 Å². The molecular weight excluding hydrogens is 242 g/mol. The topological polar surface area (TPSA) is 15.3 Å². The fourth-order valence-electron chi connectivity index (χ4n) is 2.19. The second-order valence-corrected chi connectivity index (χ2v) is 4.58. The van der Waals surface area contributed by atoms with Gasteiger partial charge in [-0.15, -0.1) is 0 Å². The number of likely N-dealkylation sites (tertiary alicyclic amines) is 1. The van der Waals surface area contributed by atoms with Gasteiger partial charge in [-0.25, -0.2) is 8.78 Å². The third kappa shape index (κ3) is 2.72. The number of nitrogens with one attached hydrogen (secondary N) is 1. The van der Waals surface area contributed by atoms with Crippen LogP contribution in [0.4, 0.5) is 8.78 Å². The molecule has 1 aliphatic heterocycles. The fourth-order valence-corrected chi connectivity index (χ4v) is 2.35. The van der Waals surface area contributed by atoms with E-state index in [4.69, 9.17) is 12.2 Å². The first-order valence-electron chi connectivity index (χ1n) is 5.53. The molecule has 2 rings (SSSR count). The van der Waals surface area contributed by atoms with E-state index in [1.807, 2.05) is 4.90 Å². The van der Waals surface area contributed by atoms with Crippen LogP contribution >= 0.6 is 12.2 Å². The molecule has 0 amide bonds. The maximum absolute atomic E-state index is 13.1. The number of halogens is 2. The van der Waals surface area contributed by atoms with Crippen LogP contribution in [0, 0.1) is 11.6 Å². The molecule has 1 N–H and O–H groups in total. The van der Waals surface area contributed by atoms with E-state index in [9.17, 15) is 8.78 Å². The summed E-state index contributed by atoms with van der Waals surface area (Å²) in [5, 5.41) is 3.60. The highest BCUT2D eigenvalue weighted by molar-refractivity contribution is 7.80. The molecule has 1 aromatic carbocycles. The van der Waals surface area contributed by atoms with E-state index in [-0.39, 0.29) is 5.92 Å². The number of benzene rings is 1. The largest absolute Gasteiger partial charge is 0.366 e. The van der Waals surface area contributed by atoms with Gasteiger partial charge in [0.25, 0.3) is 0 Å². The number of thiocarbonyl (C=S) groups is 1. The molecule has 0 saturated carbocycles. The molecule has 1 atom stereocenters. The van der Waals surface area contributed by atoms with E-state index < -0.39 is 11.6 Å². The van der Waals surface area contributed by atoms with Crippen molar-refractivity contribution in [2.24, 2.45) is 0 Å². The van der Waals surface area contributed by atoms with Crippen molar-refractivity contribution in [1.29, 1.82) is 0 Å². The summed E-state index contributed by atoms with van der Waals surface area (Å²) in [5.74, 6) is -0.893. The standard InChI is InChI=1S/C12H14F2N2S/c1-15-12(17)16-3-2-8(7-16)9-4-10(13)6-11(14)5-9/h4-6,8H,2-3,7H2,1H3,(H,15,17)/t8-/m1/s1. The summed E-state index contributed by atoms with van der Waals surface area (Å²) in [6.45, 7) is 1.53. The predicted molar refractivity (Wildman–Crippen MR) is 66.9 cm³/mol. The Morgan fingerprint density at radius 1 is 1.35 bits per heavy atom. The van der Waals surface area contributed by atoms with Crippen LogP contribution in [0.3, 0.4) is 0 Å². The van der Waals surface area contributed by atoms with Gasteiger partial charge >= 0.3 is 0 Å². The normalized spacial score (nSPS) is 19.5. The first-order valence-corrected chi connectivity index (χ1v) is 5.93. The smallest absolute Gasteiger partial charge is 0.168 e. The SMILES string of the molecule is CNC(=S)N1CC[C@@H](c2cc(F)cc(F)c2)C1. The maximum Gasteiger partial charge on any atom is 0.168 e. The summed E-state index contributed by atoms with van der Waals surface area (Å²) in [6.07, 6.45) is 0.866. The summed E-state index contributed by atoms with van der Waals surface area (Å²) >= 11 is 5.14. The average Bonchev–Trinajstić information content (AvgIpc) is 2.76. The van der Waals surface area contributed by atoms with Crippen molar-refractivity contribution in [3.05, 3.63) is 35.4 Å². The number of hydrogen-bond acceptors (Lipinski definition) is 1. The van der Waals surface area contributed by atoms with Gasteiger partial charge in [-0.05, 0) is 36.3 Å². The second-order valence-electron chi connectivity index (χ2n) is 4.19. The second kappa shape index (κ2) is 4.96. The predicted octanol–water partition coefficient (Wildman–Crippen LogP) is 2.26. The van der Waals surface area contributed by atoms with E-state index in [1.54, 1.807) is 7.05 Å². The molecule has 1 saturated heterocycles. The van der Waals surface area contributed by atoms with Crippen LogP contribution in [0.25, 0.3) is 0 Å². The quantitative estimate of drug-likeness (QED) is 0.776. The van der Waals surface area contributed by atoms with Crippen LogP contribution in [0.5, 0.6) is 0 Å². The van der Waals surface area contributed by atoms with Gasteiger partial charge in [-0.2, -0.15) is 0 Å². The Balaban J connectivity index is 2.12. The molecule has 92 valence electrons. The molecule has 5 heteroatoms. The van der Waals surface area contributed by atoms with Crippen molar-refractivity contribution in [3.8, 4) is 0 Å². The lowest BCUT2D eigenvalue weighted by Gasteiger charge is -2.18. The zero-order chi connectivity index (χ0) is 12.4. The molecule has 0 spiro atoms. The van der Waals surface area contributed by atoms with Crippen molar-refractivity contribution >= 4 is 17.3 Å². The van der Waals surface area contributed by atoms with Crippen LogP contribution in [0.15, 0.2) is 18.2 Å². The zero-order valence-corrected chi connectivity index (χ0v) is 10.4. The average molecular weight is 256 g/mol. The Morgan fingerprint density at radius 3 is 2.59 bits per heavy atom. The highest BCUT2D eigenvalue weighted by Gasteiger charge is 2.25. The molecular formula is C12H14F2N2S. The third-order valence-electron chi connectivity index (χ3n) is 3.05. The van der Waals surface area contributed by atoms with Crippen LogP contribution in [0.2, 0.25) is 0 Å². The summed E-state index contributed by atoms with van der Waals surface area (Å²) in [7, 11) is 1.78. The minimum absolute atomic E-state index is 0.145. The number of nitrogens with zero attached hydrogens (tertiary/aromatic N) is 1. The van der Waals surface area contributed by atoms with Crippen LogP contribution in [0.1, 0.15) is 17.9 Å². The lowest BCUT2D eigenvalue weighted by Crippen LogP contribution is -2.35. The molecule has 2 nitrogen and oxygen atoms in total. The Hall–Kier alpha value is -1.23.